The summed E-state index contributed by atoms with van der Waals surface area (Å²) in [5, 5.41) is 6.81. The second-order valence-electron chi connectivity index (χ2n) is 4.17. The van der Waals surface area contributed by atoms with Crippen LogP contribution in [-0.4, -0.2) is 43.2 Å². The first-order valence-electron chi connectivity index (χ1n) is 5.49. The first kappa shape index (κ1) is 16.7. The van der Waals surface area contributed by atoms with Crippen molar-refractivity contribution in [1.82, 2.24) is 16.0 Å². The predicted molar refractivity (Wildman–Crippen MR) is 59.8 cm³/mol. The van der Waals surface area contributed by atoms with E-state index in [1.807, 2.05) is 5.32 Å². The first-order valence-corrected chi connectivity index (χ1v) is 5.49. The van der Waals surface area contributed by atoms with E-state index in [-0.39, 0.29) is 11.9 Å². The van der Waals surface area contributed by atoms with E-state index in [9.17, 15) is 22.8 Å². The molecule has 0 saturated heterocycles. The summed E-state index contributed by atoms with van der Waals surface area (Å²) in [6, 6.07) is -0.854. The van der Waals surface area contributed by atoms with Crippen molar-refractivity contribution in [2.45, 2.75) is 39.0 Å². The van der Waals surface area contributed by atoms with Crippen LogP contribution in [0.5, 0.6) is 0 Å². The van der Waals surface area contributed by atoms with Crippen LogP contribution in [0.15, 0.2) is 0 Å². The number of alkyl halides is 3. The molecule has 0 aliphatic heterocycles. The molecule has 0 heterocycles. The van der Waals surface area contributed by atoms with E-state index in [0.717, 1.165) is 0 Å². The van der Waals surface area contributed by atoms with Gasteiger partial charge in [-0.3, -0.25) is 9.59 Å². The van der Waals surface area contributed by atoms with Gasteiger partial charge in [0.1, 0.15) is 6.04 Å². The molecule has 0 aromatic carbocycles. The van der Waals surface area contributed by atoms with Gasteiger partial charge in [0.25, 0.3) is 0 Å². The number of nitrogens with one attached hydrogen (secondary N) is 3. The van der Waals surface area contributed by atoms with E-state index in [0.29, 0.717) is 0 Å². The van der Waals surface area contributed by atoms with Gasteiger partial charge in [0, 0.05) is 6.04 Å². The SMILES string of the molecule is CC(C)NC(=O)C(C)NC(=O)CNCC(F)(F)F. The zero-order valence-corrected chi connectivity index (χ0v) is 10.5. The highest BCUT2D eigenvalue weighted by molar-refractivity contribution is 5.88. The van der Waals surface area contributed by atoms with Gasteiger partial charge in [-0.05, 0) is 20.8 Å². The van der Waals surface area contributed by atoms with E-state index in [1.54, 1.807) is 13.8 Å². The van der Waals surface area contributed by atoms with Gasteiger partial charge in [-0.1, -0.05) is 0 Å². The molecule has 106 valence electrons. The highest BCUT2D eigenvalue weighted by atomic mass is 19.4. The summed E-state index contributed by atoms with van der Waals surface area (Å²) in [7, 11) is 0. The van der Waals surface area contributed by atoms with Gasteiger partial charge < -0.3 is 16.0 Å². The number of carbonyl (C=O) groups excluding carboxylic acids is 2. The number of amides is 2. The van der Waals surface area contributed by atoms with Crippen molar-refractivity contribution in [1.29, 1.82) is 0 Å². The van der Waals surface area contributed by atoms with E-state index in [2.05, 4.69) is 10.6 Å². The summed E-state index contributed by atoms with van der Waals surface area (Å²) < 4.78 is 35.3. The van der Waals surface area contributed by atoms with Gasteiger partial charge in [0.05, 0.1) is 13.1 Å². The monoisotopic (exact) mass is 269 g/mol. The van der Waals surface area contributed by atoms with Crippen LogP contribution < -0.4 is 16.0 Å². The molecule has 0 saturated carbocycles. The number of halogens is 3. The van der Waals surface area contributed by atoms with Gasteiger partial charge in [-0.2, -0.15) is 13.2 Å². The number of hydrogen-bond donors (Lipinski definition) is 3. The Bertz CT molecular complexity index is 293. The van der Waals surface area contributed by atoms with Crippen molar-refractivity contribution < 1.29 is 22.8 Å². The molecule has 3 N–H and O–H groups in total. The highest BCUT2D eigenvalue weighted by Gasteiger charge is 2.26. The lowest BCUT2D eigenvalue weighted by Crippen LogP contribution is -2.49. The lowest BCUT2D eigenvalue weighted by molar-refractivity contribution is -0.131. The molecule has 2 amide bonds. The van der Waals surface area contributed by atoms with Crippen molar-refractivity contribution in [2.24, 2.45) is 0 Å². The molecule has 0 bridgehead atoms. The van der Waals surface area contributed by atoms with Crippen LogP contribution in [0.25, 0.3) is 0 Å². The smallest absolute Gasteiger partial charge is 0.352 e. The van der Waals surface area contributed by atoms with Crippen LogP contribution in [0.4, 0.5) is 13.2 Å². The maximum atomic E-state index is 11.8. The van der Waals surface area contributed by atoms with Gasteiger partial charge >= 0.3 is 6.18 Å². The Morgan fingerprint density at radius 1 is 1.11 bits per heavy atom. The molecular weight excluding hydrogens is 251 g/mol. The maximum Gasteiger partial charge on any atom is 0.401 e. The standard InChI is InChI=1S/C10H18F3N3O2/c1-6(2)15-9(18)7(3)16-8(17)4-14-5-10(11,12)13/h6-7,14H,4-5H2,1-3H3,(H,15,18)(H,16,17). The first-order chi connectivity index (χ1) is 8.11. The fourth-order valence-corrected chi connectivity index (χ4v) is 1.09. The normalized spacial score (nSPS) is 13.3. The van der Waals surface area contributed by atoms with E-state index < -0.39 is 31.2 Å². The van der Waals surface area contributed by atoms with Gasteiger partial charge in [0.15, 0.2) is 0 Å². The van der Waals surface area contributed by atoms with Crippen LogP contribution in [0, 0.1) is 0 Å². The summed E-state index contributed by atoms with van der Waals surface area (Å²) in [5.74, 6) is -1.04. The van der Waals surface area contributed by atoms with Crippen molar-refractivity contribution >= 4 is 11.8 Å². The number of carbonyl (C=O) groups is 2. The Labute approximate surface area is 103 Å². The van der Waals surface area contributed by atoms with Crippen LogP contribution in [0.1, 0.15) is 20.8 Å². The quantitative estimate of drug-likeness (QED) is 0.643. The zero-order valence-electron chi connectivity index (χ0n) is 10.5. The van der Waals surface area contributed by atoms with Gasteiger partial charge in [-0.15, -0.1) is 0 Å². The fourth-order valence-electron chi connectivity index (χ4n) is 1.09. The van der Waals surface area contributed by atoms with Crippen molar-refractivity contribution in [3.05, 3.63) is 0 Å². The van der Waals surface area contributed by atoms with Crippen LogP contribution >= 0.6 is 0 Å². The molecule has 0 radical (unpaired) electrons. The third-order valence-electron chi connectivity index (χ3n) is 1.81. The van der Waals surface area contributed by atoms with E-state index in [1.165, 1.54) is 6.92 Å². The molecule has 5 nitrogen and oxygen atoms in total. The molecule has 0 spiro atoms. The lowest BCUT2D eigenvalue weighted by atomic mass is 10.3. The molecule has 0 aromatic rings. The number of rotatable bonds is 6. The third-order valence-corrected chi connectivity index (χ3v) is 1.81. The van der Waals surface area contributed by atoms with Crippen LogP contribution in [-0.2, 0) is 9.59 Å². The Hall–Kier alpha value is -1.31. The Morgan fingerprint density at radius 2 is 1.67 bits per heavy atom. The lowest BCUT2D eigenvalue weighted by Gasteiger charge is -2.16. The molecule has 0 rings (SSSR count). The fraction of sp³-hybridized carbons (Fsp3) is 0.800. The van der Waals surface area contributed by atoms with E-state index >= 15 is 0 Å². The highest BCUT2D eigenvalue weighted by Crippen LogP contribution is 2.11. The van der Waals surface area contributed by atoms with Gasteiger partial charge in [0.2, 0.25) is 11.8 Å². The Kier molecular flexibility index (Phi) is 6.67. The summed E-state index contributed by atoms with van der Waals surface area (Å²) in [5.41, 5.74) is 0. The molecule has 8 heteroatoms. The largest absolute Gasteiger partial charge is 0.401 e. The van der Waals surface area contributed by atoms with Gasteiger partial charge in [-0.25, -0.2) is 0 Å². The van der Waals surface area contributed by atoms with Crippen LogP contribution in [0.2, 0.25) is 0 Å². The third kappa shape index (κ3) is 8.80. The van der Waals surface area contributed by atoms with Crippen molar-refractivity contribution in [2.75, 3.05) is 13.1 Å². The summed E-state index contributed by atoms with van der Waals surface area (Å²) in [4.78, 5) is 22.6. The molecule has 1 unspecified atom stereocenters. The Morgan fingerprint density at radius 3 is 2.11 bits per heavy atom. The number of hydrogen-bond acceptors (Lipinski definition) is 3. The maximum absolute atomic E-state index is 11.8. The zero-order chi connectivity index (χ0) is 14.3. The second-order valence-corrected chi connectivity index (χ2v) is 4.17. The topological polar surface area (TPSA) is 70.2 Å². The molecule has 0 aliphatic rings. The van der Waals surface area contributed by atoms with Crippen molar-refractivity contribution in [3.8, 4) is 0 Å². The molecular formula is C10H18F3N3O2. The van der Waals surface area contributed by atoms with Crippen molar-refractivity contribution in [3.63, 3.8) is 0 Å². The second kappa shape index (κ2) is 7.20. The minimum absolute atomic E-state index is 0.0693. The van der Waals surface area contributed by atoms with E-state index in [4.69, 9.17) is 0 Å². The molecule has 1 atom stereocenters. The molecule has 0 fully saturated rings. The molecule has 18 heavy (non-hydrogen) atoms. The summed E-state index contributed by atoms with van der Waals surface area (Å²) in [6.07, 6.45) is -4.36. The predicted octanol–water partition coefficient (Wildman–Crippen LogP) is 0.168. The van der Waals surface area contributed by atoms with Crippen LogP contribution in [0.3, 0.4) is 0 Å². The average Bonchev–Trinajstić information content (AvgIpc) is 2.13. The minimum Gasteiger partial charge on any atom is -0.352 e. The Balaban J connectivity index is 3.91. The average molecular weight is 269 g/mol. The minimum atomic E-state index is -4.36. The molecule has 0 aliphatic carbocycles. The summed E-state index contributed by atoms with van der Waals surface area (Å²) >= 11 is 0. The molecule has 0 aromatic heterocycles. The summed E-state index contributed by atoms with van der Waals surface area (Å²) in [6.45, 7) is 3.25.